The number of hydrogen-bond acceptors (Lipinski definition) is 6. The van der Waals surface area contributed by atoms with E-state index in [1.165, 1.54) is 4.90 Å². The summed E-state index contributed by atoms with van der Waals surface area (Å²) < 4.78 is 10.9. The van der Waals surface area contributed by atoms with E-state index in [-0.39, 0.29) is 24.4 Å². The Morgan fingerprint density at radius 3 is 2.47 bits per heavy atom. The predicted molar refractivity (Wildman–Crippen MR) is 131 cm³/mol. The Labute approximate surface area is 207 Å². The van der Waals surface area contributed by atoms with E-state index in [1.54, 1.807) is 30.3 Å². The van der Waals surface area contributed by atoms with E-state index in [9.17, 15) is 14.4 Å². The first-order valence-electron chi connectivity index (χ1n) is 12.0. The smallest absolute Gasteiger partial charge is 0.240 e. The lowest BCUT2D eigenvalue weighted by atomic mass is 9.83. The monoisotopic (exact) mass is 478 g/mol. The summed E-state index contributed by atoms with van der Waals surface area (Å²) in [5.41, 5.74) is 3.92. The third kappa shape index (κ3) is 2.83. The summed E-state index contributed by atoms with van der Waals surface area (Å²) in [4.78, 5) is 45.1. The lowest BCUT2D eigenvalue weighted by Gasteiger charge is -2.35. The zero-order valence-electron chi connectivity index (χ0n) is 19.5. The van der Waals surface area contributed by atoms with Gasteiger partial charge in [-0.1, -0.05) is 42.0 Å². The van der Waals surface area contributed by atoms with Crippen molar-refractivity contribution in [2.24, 2.45) is 11.8 Å². The molecule has 0 bridgehead atoms. The Morgan fingerprint density at radius 1 is 0.889 bits per heavy atom. The first kappa shape index (κ1) is 20.9. The van der Waals surface area contributed by atoms with Crippen molar-refractivity contribution in [3.05, 3.63) is 95.2 Å². The van der Waals surface area contributed by atoms with Crippen molar-refractivity contribution >= 4 is 29.4 Å². The second-order valence-electron chi connectivity index (χ2n) is 9.61. The molecular weight excluding hydrogens is 456 g/mol. The highest BCUT2D eigenvalue weighted by atomic mass is 16.7. The van der Waals surface area contributed by atoms with Gasteiger partial charge in [-0.2, -0.15) is 0 Å². The number of rotatable bonds is 3. The summed E-state index contributed by atoms with van der Waals surface area (Å²) >= 11 is 0. The fourth-order valence-electron chi connectivity index (χ4n) is 6.03. The summed E-state index contributed by atoms with van der Waals surface area (Å²) in [5, 5.41) is 0. The van der Waals surface area contributed by atoms with Crippen molar-refractivity contribution in [1.82, 2.24) is 4.90 Å². The Bertz CT molecular complexity index is 1480. The normalized spacial score (nSPS) is 25.1. The molecule has 3 aromatic carbocycles. The average molecular weight is 479 g/mol. The third-order valence-electron chi connectivity index (χ3n) is 7.68. The minimum Gasteiger partial charge on any atom is -0.454 e. The Balaban J connectivity index is 1.36. The zero-order chi connectivity index (χ0) is 24.6. The van der Waals surface area contributed by atoms with Crippen molar-refractivity contribution in [3.63, 3.8) is 0 Å². The SMILES string of the molecule is Cc1ccc(N2C(=O)C3C(C2=O)C2c4ccccc4C=CN2C3C(=O)c2ccc3c(c2)OCO3)cc1. The molecule has 4 unspecified atom stereocenters. The molecule has 3 aromatic rings. The van der Waals surface area contributed by atoms with Gasteiger partial charge in [-0.05, 0) is 54.5 Å². The van der Waals surface area contributed by atoms with Gasteiger partial charge >= 0.3 is 0 Å². The molecule has 0 radical (unpaired) electrons. The van der Waals surface area contributed by atoms with Gasteiger partial charge in [0.1, 0.15) is 6.04 Å². The minimum atomic E-state index is -0.822. The third-order valence-corrected chi connectivity index (χ3v) is 7.68. The summed E-state index contributed by atoms with van der Waals surface area (Å²) in [5.74, 6) is -1.23. The number of carbonyl (C=O) groups excluding carboxylic acids is 3. The highest BCUT2D eigenvalue weighted by molar-refractivity contribution is 6.24. The number of amides is 2. The highest BCUT2D eigenvalue weighted by Gasteiger charge is 2.64. The van der Waals surface area contributed by atoms with E-state index in [1.807, 2.05) is 60.5 Å². The van der Waals surface area contributed by atoms with Crippen LogP contribution in [0, 0.1) is 18.8 Å². The maximum atomic E-state index is 14.0. The molecule has 4 aliphatic heterocycles. The topological polar surface area (TPSA) is 76.2 Å². The number of nitrogens with zero attached hydrogens (tertiary/aromatic N) is 2. The molecule has 36 heavy (non-hydrogen) atoms. The van der Waals surface area contributed by atoms with Crippen molar-refractivity contribution in [2.75, 3.05) is 11.7 Å². The highest BCUT2D eigenvalue weighted by Crippen LogP contribution is 2.53. The average Bonchev–Trinajstić information content (AvgIpc) is 3.57. The molecule has 4 aliphatic rings. The molecule has 0 aliphatic carbocycles. The van der Waals surface area contributed by atoms with E-state index < -0.39 is 23.9 Å². The number of carbonyl (C=O) groups is 3. The van der Waals surface area contributed by atoms with Gasteiger partial charge in [-0.3, -0.25) is 14.4 Å². The van der Waals surface area contributed by atoms with Crippen LogP contribution in [0.15, 0.2) is 72.9 Å². The molecule has 2 saturated heterocycles. The molecule has 0 spiro atoms. The first-order valence-corrected chi connectivity index (χ1v) is 12.0. The lowest BCUT2D eigenvalue weighted by Crippen LogP contribution is -2.44. The van der Waals surface area contributed by atoms with Gasteiger partial charge in [0.15, 0.2) is 17.3 Å². The molecule has 4 atom stereocenters. The van der Waals surface area contributed by atoms with Crippen molar-refractivity contribution in [1.29, 1.82) is 0 Å². The van der Waals surface area contributed by atoms with E-state index in [0.29, 0.717) is 22.7 Å². The maximum absolute atomic E-state index is 14.0. The molecule has 7 nitrogen and oxygen atoms in total. The molecule has 0 aromatic heterocycles. The van der Waals surface area contributed by atoms with E-state index >= 15 is 0 Å². The number of ether oxygens (including phenoxy) is 2. The summed E-state index contributed by atoms with van der Waals surface area (Å²) in [6.07, 6.45) is 3.80. The summed E-state index contributed by atoms with van der Waals surface area (Å²) in [6.45, 7) is 2.06. The maximum Gasteiger partial charge on any atom is 0.240 e. The van der Waals surface area contributed by atoms with E-state index in [2.05, 4.69) is 0 Å². The van der Waals surface area contributed by atoms with Crippen LogP contribution in [0.3, 0.4) is 0 Å². The largest absolute Gasteiger partial charge is 0.454 e. The number of hydrogen-bond donors (Lipinski definition) is 0. The number of benzene rings is 3. The Kier molecular flexibility index (Phi) is 4.39. The predicted octanol–water partition coefficient (Wildman–Crippen LogP) is 4.12. The van der Waals surface area contributed by atoms with Crippen LogP contribution < -0.4 is 14.4 Å². The van der Waals surface area contributed by atoms with Crippen LogP contribution in [0.5, 0.6) is 11.5 Å². The molecule has 0 saturated carbocycles. The molecule has 2 fully saturated rings. The van der Waals surface area contributed by atoms with Gasteiger partial charge in [-0.15, -0.1) is 0 Å². The van der Waals surface area contributed by atoms with Crippen LogP contribution in [0.2, 0.25) is 0 Å². The lowest BCUT2D eigenvalue weighted by molar-refractivity contribution is -0.123. The van der Waals surface area contributed by atoms with Crippen molar-refractivity contribution in [2.45, 2.75) is 19.0 Å². The Morgan fingerprint density at radius 2 is 1.64 bits per heavy atom. The van der Waals surface area contributed by atoms with E-state index in [0.717, 1.165) is 16.7 Å². The molecule has 7 heteroatoms. The van der Waals surface area contributed by atoms with E-state index in [4.69, 9.17) is 9.47 Å². The van der Waals surface area contributed by atoms with Crippen LogP contribution >= 0.6 is 0 Å². The molecule has 7 rings (SSSR count). The van der Waals surface area contributed by atoms with Gasteiger partial charge in [0.2, 0.25) is 18.6 Å². The summed E-state index contributed by atoms with van der Waals surface area (Å²) in [7, 11) is 0. The standard InChI is InChI=1S/C29H22N2O5/c1-16-6-9-19(10-7-16)31-28(33)23-24(29(31)34)26(27(32)18-8-11-21-22(14-18)36-15-35-21)30-13-12-17-4-2-3-5-20(17)25(23)30/h2-14,23-26H,15H2,1H3. The van der Waals surface area contributed by atoms with Crippen LogP contribution in [0.4, 0.5) is 5.69 Å². The van der Waals surface area contributed by atoms with Crippen molar-refractivity contribution < 1.29 is 23.9 Å². The van der Waals surface area contributed by atoms with Crippen LogP contribution in [-0.2, 0) is 9.59 Å². The van der Waals surface area contributed by atoms with Gasteiger partial charge in [0.25, 0.3) is 0 Å². The second-order valence-corrected chi connectivity index (χ2v) is 9.61. The number of fused-ring (bicyclic) bond motifs is 6. The van der Waals surface area contributed by atoms with Crippen LogP contribution in [0.1, 0.15) is 33.1 Å². The van der Waals surface area contributed by atoms with Gasteiger partial charge in [0, 0.05) is 11.8 Å². The zero-order valence-corrected chi connectivity index (χ0v) is 19.5. The minimum absolute atomic E-state index is 0.104. The van der Waals surface area contributed by atoms with Gasteiger partial charge in [0.05, 0.1) is 23.6 Å². The molecular formula is C29H22N2O5. The number of Topliss-reactive ketones (excluding diaryl/α,β-unsaturated/α-hetero) is 1. The Hall–Kier alpha value is -4.39. The fourth-order valence-corrected chi connectivity index (χ4v) is 6.03. The number of anilines is 1. The van der Waals surface area contributed by atoms with Gasteiger partial charge in [-0.25, -0.2) is 4.90 Å². The molecule has 2 amide bonds. The number of ketones is 1. The van der Waals surface area contributed by atoms with Crippen molar-refractivity contribution in [3.8, 4) is 11.5 Å². The quantitative estimate of drug-likeness (QED) is 0.416. The van der Waals surface area contributed by atoms with Crippen LogP contribution in [-0.4, -0.2) is 35.3 Å². The molecule has 0 N–H and O–H groups in total. The number of imide groups is 1. The fraction of sp³-hybridized carbons (Fsp3) is 0.207. The first-order chi connectivity index (χ1) is 17.5. The second kappa shape index (κ2) is 7.55. The molecule has 4 heterocycles. The molecule has 178 valence electrons. The van der Waals surface area contributed by atoms with Gasteiger partial charge < -0.3 is 14.4 Å². The summed E-state index contributed by atoms with van der Waals surface area (Å²) in [6, 6.07) is 19.0. The number of aryl methyl sites for hydroxylation is 1. The van der Waals surface area contributed by atoms with Crippen LogP contribution in [0.25, 0.3) is 6.08 Å².